The monoisotopic (exact) mass is 409 g/mol. The van der Waals surface area contributed by atoms with E-state index in [1.807, 2.05) is 43.3 Å². The van der Waals surface area contributed by atoms with Gasteiger partial charge in [0.2, 0.25) is 0 Å². The summed E-state index contributed by atoms with van der Waals surface area (Å²) in [6.07, 6.45) is 0. The van der Waals surface area contributed by atoms with Gasteiger partial charge < -0.3 is 9.64 Å². The Hall–Kier alpha value is -3.61. The normalized spacial score (nSPS) is 11.0. The molecule has 154 valence electrons. The fraction of sp³-hybridized carbons (Fsp3) is 0.174. The summed E-state index contributed by atoms with van der Waals surface area (Å²) in [6.45, 7) is 1.61. The van der Waals surface area contributed by atoms with E-state index in [1.165, 1.54) is 0 Å². The molecular weight excluding hydrogens is 388 g/mol. The SMILES string of the molecule is CCOC(=O)c1c(F)cc(-c2ccc(/N=N/c3ccc(N(C)C)cc3)cc2)cc1F. The number of carbonyl (C=O) groups is 1. The maximum absolute atomic E-state index is 14.3. The molecule has 5 nitrogen and oxygen atoms in total. The van der Waals surface area contributed by atoms with Gasteiger partial charge >= 0.3 is 5.97 Å². The van der Waals surface area contributed by atoms with Crippen molar-refractivity contribution in [3.05, 3.63) is 77.9 Å². The van der Waals surface area contributed by atoms with Crippen LogP contribution in [-0.4, -0.2) is 26.7 Å². The molecule has 0 atom stereocenters. The van der Waals surface area contributed by atoms with Crippen LogP contribution in [0, 0.1) is 11.6 Å². The molecule has 0 aliphatic heterocycles. The van der Waals surface area contributed by atoms with Crippen molar-refractivity contribution in [2.75, 3.05) is 25.6 Å². The zero-order valence-corrected chi connectivity index (χ0v) is 16.9. The lowest BCUT2D eigenvalue weighted by atomic mass is 10.0. The Labute approximate surface area is 173 Å². The standard InChI is InChI=1S/C23H21F2N3O2/c1-4-30-23(29)22-20(24)13-16(14-21(22)25)15-5-7-17(8-6-15)26-27-18-9-11-19(12-10-18)28(2)3/h5-14H,4H2,1-3H3/b27-26+. The van der Waals surface area contributed by atoms with Crippen LogP contribution in [0.4, 0.5) is 25.8 Å². The summed E-state index contributed by atoms with van der Waals surface area (Å²) in [6, 6.07) is 16.6. The molecule has 7 heteroatoms. The molecule has 3 aromatic rings. The fourth-order valence-corrected chi connectivity index (χ4v) is 2.79. The first-order chi connectivity index (χ1) is 14.4. The third kappa shape index (κ3) is 4.86. The molecule has 0 aliphatic carbocycles. The number of hydrogen-bond donors (Lipinski definition) is 0. The summed E-state index contributed by atoms with van der Waals surface area (Å²) < 4.78 is 33.2. The van der Waals surface area contributed by atoms with Crippen molar-refractivity contribution in [2.24, 2.45) is 10.2 Å². The fourth-order valence-electron chi connectivity index (χ4n) is 2.79. The average Bonchev–Trinajstić information content (AvgIpc) is 2.72. The van der Waals surface area contributed by atoms with Gasteiger partial charge in [-0.2, -0.15) is 10.2 Å². The first-order valence-electron chi connectivity index (χ1n) is 9.34. The van der Waals surface area contributed by atoms with Gasteiger partial charge in [0, 0.05) is 19.8 Å². The summed E-state index contributed by atoms with van der Waals surface area (Å²) >= 11 is 0. The molecular formula is C23H21F2N3O2. The van der Waals surface area contributed by atoms with Crippen LogP contribution in [0.5, 0.6) is 0 Å². The Morgan fingerprint density at radius 1 is 0.867 bits per heavy atom. The van der Waals surface area contributed by atoms with Gasteiger partial charge in [-0.1, -0.05) is 12.1 Å². The van der Waals surface area contributed by atoms with Crippen LogP contribution >= 0.6 is 0 Å². The summed E-state index contributed by atoms with van der Waals surface area (Å²) in [7, 11) is 3.92. The summed E-state index contributed by atoms with van der Waals surface area (Å²) in [4.78, 5) is 13.7. The minimum Gasteiger partial charge on any atom is -0.462 e. The number of halogens is 2. The average molecular weight is 409 g/mol. The molecule has 0 spiro atoms. The summed E-state index contributed by atoms with van der Waals surface area (Å²) in [5.74, 6) is -2.95. The van der Waals surface area contributed by atoms with Gasteiger partial charge in [0.05, 0.1) is 18.0 Å². The molecule has 0 unspecified atom stereocenters. The van der Waals surface area contributed by atoms with E-state index in [2.05, 4.69) is 15.0 Å². The van der Waals surface area contributed by atoms with Crippen LogP contribution in [0.15, 0.2) is 70.9 Å². The zero-order chi connectivity index (χ0) is 21.7. The maximum atomic E-state index is 14.3. The van der Waals surface area contributed by atoms with Crippen molar-refractivity contribution in [3.63, 3.8) is 0 Å². The Kier molecular flexibility index (Phi) is 6.51. The van der Waals surface area contributed by atoms with Crippen LogP contribution in [0.1, 0.15) is 17.3 Å². The molecule has 0 fully saturated rings. The number of esters is 1. The number of rotatable bonds is 6. The van der Waals surface area contributed by atoms with Gasteiger partial charge in [-0.25, -0.2) is 13.6 Å². The topological polar surface area (TPSA) is 54.3 Å². The summed E-state index contributed by atoms with van der Waals surface area (Å²) in [5, 5.41) is 8.37. The lowest BCUT2D eigenvalue weighted by molar-refractivity contribution is 0.0515. The predicted octanol–water partition coefficient (Wildman–Crippen LogP) is 6.29. The van der Waals surface area contributed by atoms with E-state index >= 15 is 0 Å². The number of hydrogen-bond acceptors (Lipinski definition) is 5. The second-order valence-electron chi connectivity index (χ2n) is 6.69. The number of anilines is 1. The highest BCUT2D eigenvalue weighted by Gasteiger charge is 2.20. The van der Waals surface area contributed by atoms with Gasteiger partial charge in [-0.3, -0.25) is 0 Å². The molecule has 3 aromatic carbocycles. The largest absolute Gasteiger partial charge is 0.462 e. The number of carbonyl (C=O) groups excluding carboxylic acids is 1. The molecule has 0 saturated carbocycles. The van der Waals surface area contributed by atoms with E-state index < -0.39 is 23.2 Å². The van der Waals surface area contributed by atoms with Gasteiger partial charge in [0.15, 0.2) is 0 Å². The number of benzene rings is 3. The zero-order valence-electron chi connectivity index (χ0n) is 16.9. The minimum atomic E-state index is -1.02. The van der Waals surface area contributed by atoms with Crippen molar-refractivity contribution >= 4 is 23.0 Å². The molecule has 0 radical (unpaired) electrons. The van der Waals surface area contributed by atoms with Crippen molar-refractivity contribution in [3.8, 4) is 11.1 Å². The van der Waals surface area contributed by atoms with Crippen LogP contribution in [-0.2, 0) is 4.74 Å². The smallest absolute Gasteiger partial charge is 0.344 e. The van der Waals surface area contributed by atoms with Crippen molar-refractivity contribution < 1.29 is 18.3 Å². The first kappa shape index (κ1) is 21.1. The highest BCUT2D eigenvalue weighted by Crippen LogP contribution is 2.28. The van der Waals surface area contributed by atoms with E-state index in [4.69, 9.17) is 0 Å². The van der Waals surface area contributed by atoms with Crippen molar-refractivity contribution in [1.29, 1.82) is 0 Å². The molecule has 0 aliphatic rings. The van der Waals surface area contributed by atoms with E-state index in [0.29, 0.717) is 22.5 Å². The van der Waals surface area contributed by atoms with Crippen LogP contribution in [0.3, 0.4) is 0 Å². The quantitative estimate of drug-likeness (QED) is 0.355. The van der Waals surface area contributed by atoms with Gasteiger partial charge in [0.25, 0.3) is 0 Å². The molecule has 0 bridgehead atoms. The molecule has 0 aromatic heterocycles. The second-order valence-corrected chi connectivity index (χ2v) is 6.69. The Morgan fingerprint density at radius 2 is 1.37 bits per heavy atom. The van der Waals surface area contributed by atoms with E-state index in [1.54, 1.807) is 31.2 Å². The first-order valence-corrected chi connectivity index (χ1v) is 9.34. The van der Waals surface area contributed by atoms with Gasteiger partial charge in [-0.05, 0) is 66.6 Å². The molecule has 0 saturated heterocycles. The second kappa shape index (κ2) is 9.26. The molecule has 0 heterocycles. The molecule has 0 amide bonds. The van der Waals surface area contributed by atoms with Gasteiger partial charge in [-0.15, -0.1) is 0 Å². The molecule has 0 N–H and O–H groups in total. The molecule has 3 rings (SSSR count). The number of nitrogens with zero attached hydrogens (tertiary/aromatic N) is 3. The number of ether oxygens (including phenoxy) is 1. The lowest BCUT2D eigenvalue weighted by Gasteiger charge is -2.11. The van der Waals surface area contributed by atoms with Crippen LogP contribution in [0.2, 0.25) is 0 Å². The van der Waals surface area contributed by atoms with Crippen molar-refractivity contribution in [1.82, 2.24) is 0 Å². The third-order valence-corrected chi connectivity index (χ3v) is 4.37. The van der Waals surface area contributed by atoms with Crippen LogP contribution in [0.25, 0.3) is 11.1 Å². The minimum absolute atomic E-state index is 0.0370. The third-order valence-electron chi connectivity index (χ3n) is 4.37. The maximum Gasteiger partial charge on any atom is 0.344 e. The highest BCUT2D eigenvalue weighted by molar-refractivity contribution is 5.90. The summed E-state index contributed by atoms with van der Waals surface area (Å²) in [5.41, 5.74) is 2.57. The van der Waals surface area contributed by atoms with E-state index in [0.717, 1.165) is 17.8 Å². The predicted molar refractivity (Wildman–Crippen MR) is 113 cm³/mol. The van der Waals surface area contributed by atoms with Crippen LogP contribution < -0.4 is 4.90 Å². The highest BCUT2D eigenvalue weighted by atomic mass is 19.1. The number of azo groups is 1. The van der Waals surface area contributed by atoms with E-state index in [-0.39, 0.29) is 6.61 Å². The Balaban J connectivity index is 1.77. The van der Waals surface area contributed by atoms with Gasteiger partial charge in [0.1, 0.15) is 17.2 Å². The Bertz CT molecular complexity index is 1040. The van der Waals surface area contributed by atoms with E-state index in [9.17, 15) is 13.6 Å². The Morgan fingerprint density at radius 3 is 1.83 bits per heavy atom. The molecule has 30 heavy (non-hydrogen) atoms. The lowest BCUT2D eigenvalue weighted by Crippen LogP contribution is -2.10. The van der Waals surface area contributed by atoms with Crippen molar-refractivity contribution in [2.45, 2.75) is 6.92 Å².